The number of aryl methyl sites for hydroxylation is 1. The standard InChI is InChI=1S/C21H18N4O2S2/c1-13-3-5-15(6-4-13)12-27-16-9-7-14(8-10-16)11-17-18(22)25-20(23-19(17)26)29-24-21(25)28-2/h3-11,22H,12H2,1-2H3/b17-11-,22-18?. The van der Waals surface area contributed by atoms with Gasteiger partial charge in [-0.25, -0.2) is 4.90 Å². The molecule has 1 N–H and O–H groups in total. The molecule has 2 heterocycles. The number of hydrogen-bond acceptors (Lipinski definition) is 6. The number of thioether (sulfide) groups is 1. The van der Waals surface area contributed by atoms with Crippen LogP contribution in [0.5, 0.6) is 5.75 Å². The topological polar surface area (TPSA) is 78.1 Å². The quantitative estimate of drug-likeness (QED) is 0.579. The van der Waals surface area contributed by atoms with Gasteiger partial charge in [-0.15, -0.1) is 0 Å². The van der Waals surface area contributed by atoms with Gasteiger partial charge in [0.15, 0.2) is 5.17 Å². The number of fused-ring (bicyclic) bond motifs is 1. The van der Waals surface area contributed by atoms with Crippen LogP contribution < -0.4 is 4.74 Å². The lowest BCUT2D eigenvalue weighted by atomic mass is 10.1. The second kappa shape index (κ2) is 8.26. The summed E-state index contributed by atoms with van der Waals surface area (Å²) in [6.07, 6.45) is 3.56. The zero-order chi connectivity index (χ0) is 20.4. The Morgan fingerprint density at radius 3 is 2.59 bits per heavy atom. The van der Waals surface area contributed by atoms with Crippen molar-refractivity contribution in [1.29, 1.82) is 5.41 Å². The fourth-order valence-corrected chi connectivity index (χ4v) is 4.26. The molecule has 6 nitrogen and oxygen atoms in total. The molecule has 0 fully saturated rings. The van der Waals surface area contributed by atoms with Gasteiger partial charge >= 0.3 is 0 Å². The lowest BCUT2D eigenvalue weighted by Gasteiger charge is -2.23. The lowest BCUT2D eigenvalue weighted by molar-refractivity contribution is -0.114. The number of rotatable bonds is 4. The van der Waals surface area contributed by atoms with E-state index in [9.17, 15) is 4.79 Å². The molecule has 2 aliphatic rings. The molecule has 0 saturated heterocycles. The molecule has 0 atom stereocenters. The minimum absolute atomic E-state index is 0.0952. The van der Waals surface area contributed by atoms with E-state index in [1.54, 1.807) is 11.0 Å². The van der Waals surface area contributed by atoms with Crippen LogP contribution >= 0.6 is 23.7 Å². The van der Waals surface area contributed by atoms with Crippen molar-refractivity contribution < 1.29 is 9.53 Å². The van der Waals surface area contributed by atoms with E-state index in [4.69, 9.17) is 10.1 Å². The van der Waals surface area contributed by atoms with Gasteiger partial charge in [0.05, 0.1) is 17.5 Å². The van der Waals surface area contributed by atoms with E-state index in [2.05, 4.69) is 28.4 Å². The minimum Gasteiger partial charge on any atom is -0.489 e. The first-order chi connectivity index (χ1) is 14.0. The summed E-state index contributed by atoms with van der Waals surface area (Å²) in [5.74, 6) is 0.412. The molecule has 0 aliphatic carbocycles. The first-order valence-corrected chi connectivity index (χ1v) is 10.9. The first-order valence-electron chi connectivity index (χ1n) is 8.86. The number of nitrogens with one attached hydrogen (secondary N) is 1. The van der Waals surface area contributed by atoms with Gasteiger partial charge < -0.3 is 4.74 Å². The number of carbonyl (C=O) groups is 1. The number of benzene rings is 2. The Labute approximate surface area is 177 Å². The maximum absolute atomic E-state index is 12.4. The highest BCUT2D eigenvalue weighted by atomic mass is 32.2. The van der Waals surface area contributed by atoms with Gasteiger partial charge in [0.2, 0.25) is 5.17 Å². The van der Waals surface area contributed by atoms with E-state index in [-0.39, 0.29) is 11.4 Å². The predicted octanol–water partition coefficient (Wildman–Crippen LogP) is 4.51. The van der Waals surface area contributed by atoms with Crippen LogP contribution in [0.15, 0.2) is 63.5 Å². The molecule has 1 amide bonds. The van der Waals surface area contributed by atoms with E-state index in [1.165, 1.54) is 17.3 Å². The predicted molar refractivity (Wildman–Crippen MR) is 120 cm³/mol. The zero-order valence-corrected chi connectivity index (χ0v) is 17.5. The van der Waals surface area contributed by atoms with E-state index >= 15 is 0 Å². The number of amides is 1. The van der Waals surface area contributed by atoms with Gasteiger partial charge in [-0.05, 0) is 42.5 Å². The molecule has 0 saturated carbocycles. The number of aliphatic imine (C=N–C) groups is 1. The monoisotopic (exact) mass is 422 g/mol. The van der Waals surface area contributed by atoms with Gasteiger partial charge in [0.1, 0.15) is 18.2 Å². The summed E-state index contributed by atoms with van der Waals surface area (Å²) in [5.41, 5.74) is 3.36. The smallest absolute Gasteiger partial charge is 0.283 e. The number of ether oxygens (including phenoxy) is 1. The summed E-state index contributed by atoms with van der Waals surface area (Å²) >= 11 is 2.53. The largest absolute Gasteiger partial charge is 0.489 e. The lowest BCUT2D eigenvalue weighted by Crippen LogP contribution is -2.41. The highest BCUT2D eigenvalue weighted by Crippen LogP contribution is 2.31. The molecule has 0 unspecified atom stereocenters. The molecule has 2 aliphatic heterocycles. The first kappa shape index (κ1) is 19.5. The van der Waals surface area contributed by atoms with E-state index in [1.807, 2.05) is 42.7 Å². The third-order valence-corrected chi connectivity index (χ3v) is 5.85. The van der Waals surface area contributed by atoms with Crippen molar-refractivity contribution in [3.63, 3.8) is 0 Å². The molecule has 2 aromatic carbocycles. The molecule has 0 spiro atoms. The summed E-state index contributed by atoms with van der Waals surface area (Å²) in [6, 6.07) is 15.6. The molecule has 2 aromatic rings. The van der Waals surface area contributed by atoms with Gasteiger partial charge in [0.25, 0.3) is 5.91 Å². The highest BCUT2D eigenvalue weighted by Gasteiger charge is 2.36. The summed E-state index contributed by atoms with van der Waals surface area (Å²) in [5, 5.41) is 9.51. The van der Waals surface area contributed by atoms with Crippen LogP contribution in [-0.2, 0) is 11.4 Å². The Bertz CT molecular complexity index is 1060. The zero-order valence-electron chi connectivity index (χ0n) is 15.9. The van der Waals surface area contributed by atoms with Crippen LogP contribution in [0.3, 0.4) is 0 Å². The minimum atomic E-state index is -0.425. The Hall–Kier alpha value is -2.84. The summed E-state index contributed by atoms with van der Waals surface area (Å²) < 4.78 is 10.1. The molecule has 0 bridgehead atoms. The van der Waals surface area contributed by atoms with Crippen LogP contribution in [0.1, 0.15) is 16.7 Å². The second-order valence-electron chi connectivity index (χ2n) is 6.45. The van der Waals surface area contributed by atoms with Crippen molar-refractivity contribution in [2.75, 3.05) is 6.26 Å². The fourth-order valence-electron chi connectivity index (χ4n) is 2.81. The molecule has 8 heteroatoms. The third kappa shape index (κ3) is 4.13. The van der Waals surface area contributed by atoms with Crippen LogP contribution in [0.25, 0.3) is 6.08 Å². The summed E-state index contributed by atoms with van der Waals surface area (Å²) in [7, 11) is 0. The van der Waals surface area contributed by atoms with E-state index < -0.39 is 5.91 Å². The van der Waals surface area contributed by atoms with Crippen molar-refractivity contribution in [2.24, 2.45) is 9.39 Å². The summed E-state index contributed by atoms with van der Waals surface area (Å²) in [4.78, 5) is 18.0. The summed E-state index contributed by atoms with van der Waals surface area (Å²) in [6.45, 7) is 2.54. The molecule has 0 radical (unpaired) electrons. The highest BCUT2D eigenvalue weighted by molar-refractivity contribution is 8.18. The second-order valence-corrected chi connectivity index (χ2v) is 7.96. The van der Waals surface area contributed by atoms with Gasteiger partial charge in [-0.3, -0.25) is 10.2 Å². The van der Waals surface area contributed by atoms with Crippen LogP contribution in [0.2, 0.25) is 0 Å². The Kier molecular flexibility index (Phi) is 5.55. The van der Waals surface area contributed by atoms with Gasteiger partial charge in [-0.2, -0.15) is 9.39 Å². The number of carbonyl (C=O) groups excluding carboxylic acids is 1. The average Bonchev–Trinajstić information content (AvgIpc) is 3.14. The van der Waals surface area contributed by atoms with E-state index in [0.29, 0.717) is 16.9 Å². The number of nitrogens with zero attached hydrogens (tertiary/aromatic N) is 3. The van der Waals surface area contributed by atoms with Crippen LogP contribution in [0.4, 0.5) is 0 Å². The Balaban J connectivity index is 1.48. The fraction of sp³-hybridized carbons (Fsp3) is 0.143. The number of hydrogen-bond donors (Lipinski definition) is 1. The Morgan fingerprint density at radius 2 is 1.90 bits per heavy atom. The van der Waals surface area contributed by atoms with Gasteiger partial charge in [-0.1, -0.05) is 53.7 Å². The molecule has 29 heavy (non-hydrogen) atoms. The SMILES string of the molecule is CSC1=NSC2=NC(=O)/C(=C\c3ccc(OCc4ccc(C)cc4)cc3)C(=N)N12. The van der Waals surface area contributed by atoms with Crippen molar-refractivity contribution in [1.82, 2.24) is 4.90 Å². The van der Waals surface area contributed by atoms with Crippen molar-refractivity contribution >= 4 is 51.9 Å². The van der Waals surface area contributed by atoms with E-state index in [0.717, 1.165) is 28.8 Å². The number of amidine groups is 3. The normalized spacial score (nSPS) is 17.3. The van der Waals surface area contributed by atoms with Crippen LogP contribution in [0, 0.1) is 12.3 Å². The molecular formula is C21H18N4O2S2. The maximum Gasteiger partial charge on any atom is 0.283 e. The van der Waals surface area contributed by atoms with Gasteiger partial charge in [0, 0.05) is 0 Å². The molecular weight excluding hydrogens is 404 g/mol. The molecule has 0 aromatic heterocycles. The van der Waals surface area contributed by atoms with Crippen molar-refractivity contribution in [3.8, 4) is 5.75 Å². The Morgan fingerprint density at radius 1 is 1.17 bits per heavy atom. The van der Waals surface area contributed by atoms with Crippen molar-refractivity contribution in [3.05, 3.63) is 70.8 Å². The van der Waals surface area contributed by atoms with Crippen LogP contribution in [-0.4, -0.2) is 33.2 Å². The van der Waals surface area contributed by atoms with Crippen molar-refractivity contribution in [2.45, 2.75) is 13.5 Å². The molecule has 146 valence electrons. The maximum atomic E-state index is 12.4. The molecule has 4 rings (SSSR count). The third-order valence-electron chi connectivity index (χ3n) is 4.39. The average molecular weight is 423 g/mol.